The third kappa shape index (κ3) is 3.91. The number of carbonyl (C=O) groups excluding carboxylic acids is 2. The molecule has 2 aliphatic heterocycles. The predicted octanol–water partition coefficient (Wildman–Crippen LogP) is 4.25. The van der Waals surface area contributed by atoms with E-state index in [9.17, 15) is 9.59 Å². The van der Waals surface area contributed by atoms with Crippen molar-refractivity contribution in [1.29, 1.82) is 0 Å². The van der Waals surface area contributed by atoms with Gasteiger partial charge in [0.2, 0.25) is 0 Å². The van der Waals surface area contributed by atoms with Crippen LogP contribution in [0.15, 0.2) is 47.2 Å². The quantitative estimate of drug-likeness (QED) is 0.521. The van der Waals surface area contributed by atoms with E-state index in [1.807, 2.05) is 26.0 Å². The fraction of sp³-hybridized carbons (Fsp3) is 0.385. The molecule has 32 heavy (non-hydrogen) atoms. The fourth-order valence-corrected chi connectivity index (χ4v) is 4.62. The van der Waals surface area contributed by atoms with Crippen molar-refractivity contribution in [3.8, 4) is 5.69 Å². The Balaban J connectivity index is 1.75. The van der Waals surface area contributed by atoms with Crippen LogP contribution in [0.4, 0.5) is 0 Å². The third-order valence-corrected chi connectivity index (χ3v) is 6.37. The van der Waals surface area contributed by atoms with Crippen LogP contribution in [0.5, 0.6) is 0 Å². The molecule has 1 unspecified atom stereocenters. The first kappa shape index (κ1) is 22.1. The normalized spacial score (nSPS) is 20.0. The molecule has 0 saturated carbocycles. The average Bonchev–Trinajstić information content (AvgIpc) is 3.44. The van der Waals surface area contributed by atoms with Crippen molar-refractivity contribution in [2.45, 2.75) is 46.6 Å². The molecule has 0 aliphatic carbocycles. The predicted molar refractivity (Wildman–Crippen MR) is 123 cm³/mol. The van der Waals surface area contributed by atoms with Gasteiger partial charge in [-0.05, 0) is 70.4 Å². The Morgan fingerprint density at radius 1 is 1.19 bits per heavy atom. The number of hydrogen-bond donors (Lipinski definition) is 0. The molecule has 2 aromatic rings. The van der Waals surface area contributed by atoms with Crippen molar-refractivity contribution in [2.75, 3.05) is 20.3 Å². The highest BCUT2D eigenvalue weighted by Gasteiger charge is 2.38. The summed E-state index contributed by atoms with van der Waals surface area (Å²) in [5.74, 6) is -0.678. The Kier molecular flexibility index (Phi) is 6.07. The zero-order valence-electron chi connectivity index (χ0n) is 19.4. The number of benzene rings is 1. The van der Waals surface area contributed by atoms with Crippen LogP contribution in [0.1, 0.15) is 42.3 Å². The smallest absolute Gasteiger partial charge is 0.340 e. The first-order valence-electron chi connectivity index (χ1n) is 11.0. The summed E-state index contributed by atoms with van der Waals surface area (Å²) in [7, 11) is 1.34. The molecular weight excluding hydrogens is 404 g/mol. The number of rotatable bonds is 5. The first-order valence-corrected chi connectivity index (χ1v) is 11.0. The number of allylic oxidation sites excluding steroid dienone is 1. The van der Waals surface area contributed by atoms with Crippen LogP contribution in [0.3, 0.4) is 0 Å². The number of ether oxygens (including phenoxy) is 2. The van der Waals surface area contributed by atoms with Gasteiger partial charge in [-0.25, -0.2) is 4.79 Å². The van der Waals surface area contributed by atoms with E-state index in [4.69, 9.17) is 9.47 Å². The van der Waals surface area contributed by atoms with Gasteiger partial charge >= 0.3 is 5.97 Å². The monoisotopic (exact) mass is 434 g/mol. The summed E-state index contributed by atoms with van der Waals surface area (Å²) in [6.07, 6.45) is 3.73. The minimum absolute atomic E-state index is 0.00116. The standard InChI is InChI=1S/C26H30N2O4/c1-16-8-10-21(11-9-16)28-17(2)13-20(18(28)3)14-23-24(26(30)31-5)19(4)27(25(23)29)15-22-7-6-12-32-22/h8-11,13-14,22H,6-7,12,15H2,1-5H3. The lowest BCUT2D eigenvalue weighted by Gasteiger charge is -2.21. The molecule has 1 aromatic carbocycles. The van der Waals surface area contributed by atoms with Gasteiger partial charge in [-0.3, -0.25) is 4.79 Å². The maximum atomic E-state index is 13.4. The van der Waals surface area contributed by atoms with E-state index in [1.165, 1.54) is 12.7 Å². The third-order valence-electron chi connectivity index (χ3n) is 6.37. The summed E-state index contributed by atoms with van der Waals surface area (Å²) in [6, 6.07) is 10.4. The number of nitrogens with zero attached hydrogens (tertiary/aromatic N) is 2. The molecule has 1 aromatic heterocycles. The van der Waals surface area contributed by atoms with E-state index in [1.54, 1.807) is 11.8 Å². The topological polar surface area (TPSA) is 60.8 Å². The van der Waals surface area contributed by atoms with Gasteiger partial charge in [0, 0.05) is 29.4 Å². The Morgan fingerprint density at radius 3 is 2.53 bits per heavy atom. The van der Waals surface area contributed by atoms with Gasteiger partial charge in [0.15, 0.2) is 0 Å². The second-order valence-electron chi connectivity index (χ2n) is 8.56. The van der Waals surface area contributed by atoms with Crippen molar-refractivity contribution < 1.29 is 19.1 Å². The van der Waals surface area contributed by atoms with Crippen LogP contribution < -0.4 is 0 Å². The summed E-state index contributed by atoms with van der Waals surface area (Å²) in [5, 5.41) is 0. The van der Waals surface area contributed by atoms with Crippen LogP contribution >= 0.6 is 0 Å². The molecule has 2 aliphatic rings. The summed E-state index contributed by atoms with van der Waals surface area (Å²) in [4.78, 5) is 27.7. The van der Waals surface area contributed by atoms with Gasteiger partial charge < -0.3 is 18.9 Å². The molecule has 168 valence electrons. The van der Waals surface area contributed by atoms with Crippen LogP contribution in [0, 0.1) is 20.8 Å². The minimum Gasteiger partial charge on any atom is -0.465 e. The van der Waals surface area contributed by atoms with Crippen molar-refractivity contribution in [3.05, 3.63) is 69.7 Å². The van der Waals surface area contributed by atoms with Crippen LogP contribution in [-0.2, 0) is 19.1 Å². The van der Waals surface area contributed by atoms with Crippen molar-refractivity contribution in [1.82, 2.24) is 9.47 Å². The van der Waals surface area contributed by atoms with Gasteiger partial charge in [0.1, 0.15) is 0 Å². The largest absolute Gasteiger partial charge is 0.465 e. The Bertz CT molecular complexity index is 1120. The fourth-order valence-electron chi connectivity index (χ4n) is 4.62. The number of methoxy groups -OCH3 is 1. The molecule has 0 N–H and O–H groups in total. The highest BCUT2D eigenvalue weighted by molar-refractivity contribution is 6.16. The number of aromatic nitrogens is 1. The number of esters is 1. The second kappa shape index (κ2) is 8.79. The average molecular weight is 435 g/mol. The van der Waals surface area contributed by atoms with E-state index >= 15 is 0 Å². The maximum Gasteiger partial charge on any atom is 0.340 e. The minimum atomic E-state index is -0.496. The van der Waals surface area contributed by atoms with E-state index in [0.717, 1.165) is 35.5 Å². The van der Waals surface area contributed by atoms with Gasteiger partial charge in [-0.2, -0.15) is 0 Å². The summed E-state index contributed by atoms with van der Waals surface area (Å²) < 4.78 is 12.9. The summed E-state index contributed by atoms with van der Waals surface area (Å²) >= 11 is 0. The van der Waals surface area contributed by atoms with E-state index in [-0.39, 0.29) is 12.0 Å². The molecule has 0 bridgehead atoms. The zero-order valence-corrected chi connectivity index (χ0v) is 19.4. The number of aryl methyl sites for hydroxylation is 2. The van der Waals surface area contributed by atoms with Crippen molar-refractivity contribution >= 4 is 18.0 Å². The molecule has 6 nitrogen and oxygen atoms in total. The summed E-state index contributed by atoms with van der Waals surface area (Å²) in [5.41, 5.74) is 6.55. The lowest BCUT2D eigenvalue weighted by atomic mass is 10.0. The molecular formula is C26H30N2O4. The number of hydrogen-bond acceptors (Lipinski definition) is 4. The molecule has 1 amide bonds. The van der Waals surface area contributed by atoms with Gasteiger partial charge in [-0.15, -0.1) is 0 Å². The molecule has 4 rings (SSSR count). The molecule has 0 radical (unpaired) electrons. The van der Waals surface area contributed by atoms with Gasteiger partial charge in [-0.1, -0.05) is 17.7 Å². The Labute approximate surface area is 189 Å². The molecule has 6 heteroatoms. The second-order valence-corrected chi connectivity index (χ2v) is 8.56. The zero-order chi connectivity index (χ0) is 23.0. The van der Waals surface area contributed by atoms with E-state index < -0.39 is 5.97 Å². The van der Waals surface area contributed by atoms with Gasteiger partial charge in [0.05, 0.1) is 30.9 Å². The van der Waals surface area contributed by atoms with Gasteiger partial charge in [0.25, 0.3) is 5.91 Å². The highest BCUT2D eigenvalue weighted by atomic mass is 16.5. The molecule has 1 saturated heterocycles. The number of amides is 1. The molecule has 0 spiro atoms. The lowest BCUT2D eigenvalue weighted by molar-refractivity contribution is -0.136. The lowest BCUT2D eigenvalue weighted by Crippen LogP contribution is -2.33. The maximum absolute atomic E-state index is 13.4. The van der Waals surface area contributed by atoms with Crippen LogP contribution in [0.2, 0.25) is 0 Å². The highest BCUT2D eigenvalue weighted by Crippen LogP contribution is 2.34. The summed E-state index contributed by atoms with van der Waals surface area (Å²) in [6.45, 7) is 9.09. The SMILES string of the molecule is COC(=O)C1=C(C)N(CC2CCCO2)C(=O)C1=Cc1cc(C)n(-c2ccc(C)cc2)c1C. The van der Waals surface area contributed by atoms with Crippen molar-refractivity contribution in [3.63, 3.8) is 0 Å². The van der Waals surface area contributed by atoms with Crippen molar-refractivity contribution in [2.24, 2.45) is 0 Å². The Morgan fingerprint density at radius 2 is 1.91 bits per heavy atom. The molecule has 1 atom stereocenters. The van der Waals surface area contributed by atoms with E-state index in [0.29, 0.717) is 30.0 Å². The van der Waals surface area contributed by atoms with E-state index in [2.05, 4.69) is 35.8 Å². The molecule has 3 heterocycles. The van der Waals surface area contributed by atoms with Crippen LogP contribution in [0.25, 0.3) is 11.8 Å². The van der Waals surface area contributed by atoms with Crippen LogP contribution in [-0.4, -0.2) is 47.7 Å². The Hall–Kier alpha value is -3.12. The first-order chi connectivity index (χ1) is 15.3. The number of carbonyl (C=O) groups is 2. The molecule has 1 fully saturated rings.